The van der Waals surface area contributed by atoms with Crippen LogP contribution in [0.4, 0.5) is 0 Å². The van der Waals surface area contributed by atoms with Crippen LogP contribution in [0.5, 0.6) is 0 Å². The molecule has 0 aliphatic heterocycles. The first-order chi connectivity index (χ1) is 8.41. The highest BCUT2D eigenvalue weighted by Crippen LogP contribution is 2.38. The molecule has 0 fully saturated rings. The van der Waals surface area contributed by atoms with Crippen LogP contribution in [0.2, 0.25) is 0 Å². The van der Waals surface area contributed by atoms with Gasteiger partial charge in [-0.2, -0.15) is 5.10 Å². The van der Waals surface area contributed by atoms with Crippen LogP contribution in [0, 0.1) is 5.92 Å². The standard InChI is InChI=1S/C14H23N3S/c1-9(2)12-7-5-10(3)13(12)8-6-11(4)16-17-14(15)18/h12H,1,5-8H2,2-4H3,(H3,15,17,18)/b16-11-. The highest BCUT2D eigenvalue weighted by molar-refractivity contribution is 7.80. The van der Waals surface area contributed by atoms with Gasteiger partial charge >= 0.3 is 0 Å². The Morgan fingerprint density at radius 1 is 1.56 bits per heavy atom. The largest absolute Gasteiger partial charge is 0.375 e. The third-order valence-corrected chi connectivity index (χ3v) is 3.58. The van der Waals surface area contributed by atoms with Gasteiger partial charge in [-0.1, -0.05) is 23.3 Å². The van der Waals surface area contributed by atoms with Gasteiger partial charge in [0.15, 0.2) is 5.11 Å². The van der Waals surface area contributed by atoms with E-state index in [1.54, 1.807) is 5.57 Å². The van der Waals surface area contributed by atoms with E-state index >= 15 is 0 Å². The highest BCUT2D eigenvalue weighted by atomic mass is 32.1. The van der Waals surface area contributed by atoms with E-state index in [4.69, 9.17) is 18.0 Å². The maximum absolute atomic E-state index is 5.34. The van der Waals surface area contributed by atoms with Gasteiger partial charge in [0.1, 0.15) is 0 Å². The van der Waals surface area contributed by atoms with Crippen molar-refractivity contribution in [1.29, 1.82) is 0 Å². The molecule has 0 aromatic carbocycles. The summed E-state index contributed by atoms with van der Waals surface area (Å²) in [5.41, 5.74) is 13.3. The van der Waals surface area contributed by atoms with Gasteiger partial charge in [-0.25, -0.2) is 0 Å². The van der Waals surface area contributed by atoms with E-state index in [0.717, 1.165) is 18.6 Å². The fraction of sp³-hybridized carbons (Fsp3) is 0.571. The van der Waals surface area contributed by atoms with E-state index in [1.165, 1.54) is 24.0 Å². The Bertz CT molecular complexity index is 407. The van der Waals surface area contributed by atoms with Gasteiger partial charge in [-0.15, -0.1) is 0 Å². The SMILES string of the molecule is C=C(C)C1CCC(C)=C1CC/C(C)=N\NC(N)=S. The first kappa shape index (κ1) is 14.9. The van der Waals surface area contributed by atoms with Crippen LogP contribution < -0.4 is 11.2 Å². The second-order valence-electron chi connectivity index (χ2n) is 5.07. The smallest absolute Gasteiger partial charge is 0.184 e. The number of hydrogen-bond donors (Lipinski definition) is 2. The number of allylic oxidation sites excluding steroid dienone is 3. The maximum Gasteiger partial charge on any atom is 0.184 e. The van der Waals surface area contributed by atoms with Crippen LogP contribution in [-0.4, -0.2) is 10.8 Å². The van der Waals surface area contributed by atoms with Gasteiger partial charge in [0.25, 0.3) is 0 Å². The molecule has 0 saturated carbocycles. The predicted octanol–water partition coefficient (Wildman–Crippen LogP) is 3.28. The van der Waals surface area contributed by atoms with E-state index in [1.807, 2.05) is 6.92 Å². The molecule has 1 aliphatic rings. The van der Waals surface area contributed by atoms with Crippen LogP contribution >= 0.6 is 12.2 Å². The van der Waals surface area contributed by atoms with E-state index in [0.29, 0.717) is 5.92 Å². The number of nitrogens with zero attached hydrogens (tertiary/aromatic N) is 1. The summed E-state index contributed by atoms with van der Waals surface area (Å²) in [6, 6.07) is 0. The van der Waals surface area contributed by atoms with Gasteiger partial charge in [0.05, 0.1) is 0 Å². The molecule has 0 amide bonds. The Kier molecular flexibility index (Phi) is 5.54. The minimum atomic E-state index is 0.213. The molecular formula is C14H23N3S. The fourth-order valence-electron chi connectivity index (χ4n) is 2.45. The summed E-state index contributed by atoms with van der Waals surface area (Å²) in [4.78, 5) is 0. The molecule has 0 aromatic rings. The quantitative estimate of drug-likeness (QED) is 0.347. The molecular weight excluding hydrogens is 242 g/mol. The summed E-state index contributed by atoms with van der Waals surface area (Å²) < 4.78 is 0. The predicted molar refractivity (Wildman–Crippen MR) is 82.5 cm³/mol. The Morgan fingerprint density at radius 3 is 2.78 bits per heavy atom. The molecule has 1 rings (SSSR count). The molecule has 4 heteroatoms. The summed E-state index contributed by atoms with van der Waals surface area (Å²) >= 11 is 4.72. The first-order valence-electron chi connectivity index (χ1n) is 6.34. The highest BCUT2D eigenvalue weighted by Gasteiger charge is 2.23. The van der Waals surface area contributed by atoms with Gasteiger partial charge in [-0.05, 0) is 58.7 Å². The van der Waals surface area contributed by atoms with Crippen molar-refractivity contribution >= 4 is 23.0 Å². The monoisotopic (exact) mass is 265 g/mol. The summed E-state index contributed by atoms with van der Waals surface area (Å²) in [6.45, 7) is 10.4. The van der Waals surface area contributed by atoms with E-state index in [9.17, 15) is 0 Å². The minimum Gasteiger partial charge on any atom is -0.375 e. The average molecular weight is 265 g/mol. The number of rotatable bonds is 5. The van der Waals surface area contributed by atoms with Crippen molar-refractivity contribution in [2.45, 2.75) is 46.5 Å². The Hall–Kier alpha value is -1.16. The molecule has 18 heavy (non-hydrogen) atoms. The van der Waals surface area contributed by atoms with Crippen molar-refractivity contribution in [3.63, 3.8) is 0 Å². The van der Waals surface area contributed by atoms with Gasteiger partial charge < -0.3 is 5.73 Å². The van der Waals surface area contributed by atoms with Gasteiger partial charge in [0.2, 0.25) is 0 Å². The van der Waals surface area contributed by atoms with Crippen molar-refractivity contribution in [2.24, 2.45) is 16.8 Å². The zero-order valence-electron chi connectivity index (χ0n) is 11.5. The van der Waals surface area contributed by atoms with Gasteiger partial charge in [-0.3, -0.25) is 5.43 Å². The lowest BCUT2D eigenvalue weighted by Crippen LogP contribution is -2.25. The molecule has 3 N–H and O–H groups in total. The Labute approximate surface area is 115 Å². The normalized spacial score (nSPS) is 20.2. The number of nitrogens with one attached hydrogen (secondary N) is 1. The maximum atomic E-state index is 5.34. The molecule has 1 unspecified atom stereocenters. The molecule has 100 valence electrons. The number of hydrogen-bond acceptors (Lipinski definition) is 2. The van der Waals surface area contributed by atoms with Crippen molar-refractivity contribution in [3.05, 3.63) is 23.3 Å². The molecule has 0 saturated heterocycles. The number of thiocarbonyl (C=S) groups is 1. The molecule has 1 aliphatic carbocycles. The molecule has 0 radical (unpaired) electrons. The minimum absolute atomic E-state index is 0.213. The van der Waals surface area contributed by atoms with Crippen LogP contribution in [0.1, 0.15) is 46.5 Å². The van der Waals surface area contributed by atoms with Crippen molar-refractivity contribution in [3.8, 4) is 0 Å². The second-order valence-corrected chi connectivity index (χ2v) is 5.51. The summed E-state index contributed by atoms with van der Waals surface area (Å²) in [5.74, 6) is 0.571. The fourth-order valence-corrected chi connectivity index (χ4v) is 2.49. The van der Waals surface area contributed by atoms with Crippen molar-refractivity contribution in [2.75, 3.05) is 0 Å². The van der Waals surface area contributed by atoms with Crippen LogP contribution in [0.3, 0.4) is 0 Å². The lowest BCUT2D eigenvalue weighted by Gasteiger charge is -2.15. The topological polar surface area (TPSA) is 50.4 Å². The Morgan fingerprint density at radius 2 is 2.22 bits per heavy atom. The summed E-state index contributed by atoms with van der Waals surface area (Å²) in [6.07, 6.45) is 4.41. The third kappa shape index (κ3) is 4.26. The first-order valence-corrected chi connectivity index (χ1v) is 6.75. The summed E-state index contributed by atoms with van der Waals surface area (Å²) in [5, 5.41) is 4.35. The van der Waals surface area contributed by atoms with Gasteiger partial charge in [0, 0.05) is 11.6 Å². The molecule has 1 atom stereocenters. The molecule has 0 aromatic heterocycles. The number of hydrazone groups is 1. The lowest BCUT2D eigenvalue weighted by atomic mass is 9.90. The number of nitrogens with two attached hydrogens (primary N) is 1. The lowest BCUT2D eigenvalue weighted by molar-refractivity contribution is 0.675. The second kappa shape index (κ2) is 6.69. The average Bonchev–Trinajstić information content (AvgIpc) is 2.65. The molecule has 0 bridgehead atoms. The van der Waals surface area contributed by atoms with E-state index in [-0.39, 0.29) is 5.11 Å². The van der Waals surface area contributed by atoms with Crippen molar-refractivity contribution < 1.29 is 0 Å². The molecule has 0 spiro atoms. The summed E-state index contributed by atoms with van der Waals surface area (Å²) in [7, 11) is 0. The van der Waals surface area contributed by atoms with Crippen molar-refractivity contribution in [1.82, 2.24) is 5.43 Å². The van der Waals surface area contributed by atoms with Crippen LogP contribution in [0.25, 0.3) is 0 Å². The molecule has 3 nitrogen and oxygen atoms in total. The van der Waals surface area contributed by atoms with Crippen LogP contribution in [0.15, 0.2) is 28.4 Å². The molecule has 0 heterocycles. The zero-order valence-corrected chi connectivity index (χ0v) is 12.4. The zero-order chi connectivity index (χ0) is 13.7. The van der Waals surface area contributed by atoms with E-state index in [2.05, 4.69) is 31.0 Å². The van der Waals surface area contributed by atoms with E-state index < -0.39 is 0 Å². The Balaban J connectivity index is 2.57. The van der Waals surface area contributed by atoms with Crippen LogP contribution in [-0.2, 0) is 0 Å². The third-order valence-electron chi connectivity index (χ3n) is 3.48.